The van der Waals surface area contributed by atoms with Crippen molar-refractivity contribution in [2.45, 2.75) is 78.4 Å². The summed E-state index contributed by atoms with van der Waals surface area (Å²) in [7, 11) is -0.0265. The smallest absolute Gasteiger partial charge is 0.259 e. The molecule has 3 aromatic carbocycles. The van der Waals surface area contributed by atoms with Gasteiger partial charge >= 0.3 is 0 Å². The molecule has 4 heteroatoms. The van der Waals surface area contributed by atoms with E-state index in [0.29, 0.717) is 6.16 Å². The van der Waals surface area contributed by atoms with Crippen LogP contribution in [0.25, 0.3) is 0 Å². The number of hydrogen-bond donors (Lipinski definition) is 1. The number of benzene rings is 3. The van der Waals surface area contributed by atoms with Crippen LogP contribution in [0.5, 0.6) is 0 Å². The van der Waals surface area contributed by atoms with E-state index in [-0.39, 0.29) is 23.0 Å². The van der Waals surface area contributed by atoms with Crippen LogP contribution in [0, 0.1) is 20.8 Å². The highest BCUT2D eigenvalue weighted by Crippen LogP contribution is 2.55. The Hall–Kier alpha value is -2.48. The van der Waals surface area contributed by atoms with E-state index in [1.165, 1.54) is 32.6 Å². The van der Waals surface area contributed by atoms with Crippen LogP contribution in [0.1, 0.15) is 57.2 Å². The molecule has 1 fully saturated rings. The molecule has 1 heterocycles. The van der Waals surface area contributed by atoms with Gasteiger partial charge in [0.1, 0.15) is 23.2 Å². The van der Waals surface area contributed by atoms with Gasteiger partial charge in [0, 0.05) is 17.1 Å². The molecule has 0 aliphatic carbocycles. The van der Waals surface area contributed by atoms with E-state index in [1.807, 2.05) is 0 Å². The van der Waals surface area contributed by atoms with E-state index < -0.39 is 7.26 Å². The topological polar surface area (TPSA) is 32.3 Å². The maximum atomic E-state index is 14.1. The third-order valence-corrected chi connectivity index (χ3v) is 12.8. The fraction of sp³-hybridized carbons (Fsp3) is 0.424. The van der Waals surface area contributed by atoms with E-state index in [0.717, 1.165) is 12.8 Å². The number of aryl methyl sites for hydroxylation is 3. The normalized spacial score (nSPS) is 17.9. The molecule has 0 atom stereocenters. The molecule has 3 nitrogen and oxygen atoms in total. The summed E-state index contributed by atoms with van der Waals surface area (Å²) in [5.41, 5.74) is 3.74. The van der Waals surface area contributed by atoms with Crippen molar-refractivity contribution < 1.29 is 4.79 Å². The van der Waals surface area contributed by atoms with Crippen molar-refractivity contribution in [3.05, 3.63) is 89.5 Å². The van der Waals surface area contributed by atoms with E-state index in [9.17, 15) is 4.79 Å². The third kappa shape index (κ3) is 5.69. The summed E-state index contributed by atoms with van der Waals surface area (Å²) < 4.78 is 0. The van der Waals surface area contributed by atoms with Gasteiger partial charge in [0.05, 0.1) is 0 Å². The molecule has 1 N–H and O–H groups in total. The Morgan fingerprint density at radius 1 is 0.730 bits per heavy atom. The summed E-state index contributed by atoms with van der Waals surface area (Å²) >= 11 is 0. The molecular weight excluding hydrogens is 471 g/mol. The predicted molar refractivity (Wildman–Crippen MR) is 161 cm³/mol. The first-order valence-electron chi connectivity index (χ1n) is 13.5. The first-order valence-corrected chi connectivity index (χ1v) is 15.4. The monoisotopic (exact) mass is 515 g/mol. The van der Waals surface area contributed by atoms with Gasteiger partial charge in [-0.25, -0.2) is 0 Å². The van der Waals surface area contributed by atoms with Crippen molar-refractivity contribution in [1.82, 2.24) is 10.2 Å². The summed E-state index contributed by atoms with van der Waals surface area (Å²) in [6.07, 6.45) is 2.36. The number of piperidine rings is 1. The third-order valence-electron chi connectivity index (χ3n) is 8.48. The minimum Gasteiger partial charge on any atom is -0.350 e. The Labute approximate surface area is 225 Å². The molecule has 0 saturated carbocycles. The standard InChI is InChI=1S/C33H43N2OP/c1-24-9-15-28(16-10-24)37(29-17-11-25(2)12-18-29,30-19-13-26(3)14-20-30)23-31(36)34-27-21-32(4,5)35(8)33(6,7)22-27/h9-20,27H,21-23H2,1-8H3/p+1. The number of hydrogen-bond acceptors (Lipinski definition) is 2. The van der Waals surface area contributed by atoms with Crippen LogP contribution in [0.15, 0.2) is 72.8 Å². The molecule has 37 heavy (non-hydrogen) atoms. The lowest BCUT2D eigenvalue weighted by atomic mass is 9.77. The second-order valence-electron chi connectivity index (χ2n) is 12.3. The fourth-order valence-electron chi connectivity index (χ4n) is 6.08. The van der Waals surface area contributed by atoms with Crippen LogP contribution in [0.2, 0.25) is 0 Å². The highest BCUT2D eigenvalue weighted by Gasteiger charge is 2.49. The molecule has 4 rings (SSSR count). The molecule has 1 amide bonds. The van der Waals surface area contributed by atoms with Gasteiger partial charge in [-0.2, -0.15) is 0 Å². The average molecular weight is 516 g/mol. The molecule has 0 radical (unpaired) electrons. The van der Waals surface area contributed by atoms with Crippen molar-refractivity contribution in [2.24, 2.45) is 0 Å². The average Bonchev–Trinajstić information content (AvgIpc) is 2.82. The second-order valence-corrected chi connectivity index (χ2v) is 15.8. The van der Waals surface area contributed by atoms with Crippen LogP contribution in [-0.2, 0) is 4.79 Å². The minimum atomic E-state index is -2.24. The number of carbonyl (C=O) groups is 1. The zero-order chi connectivity index (χ0) is 27.0. The maximum absolute atomic E-state index is 14.1. The molecule has 0 aromatic heterocycles. The Kier molecular flexibility index (Phi) is 7.71. The van der Waals surface area contributed by atoms with Crippen LogP contribution in [0.3, 0.4) is 0 Å². The highest BCUT2D eigenvalue weighted by molar-refractivity contribution is 7.96. The Morgan fingerprint density at radius 3 is 1.38 bits per heavy atom. The zero-order valence-corrected chi connectivity index (χ0v) is 24.8. The van der Waals surface area contributed by atoms with Gasteiger partial charge in [0.25, 0.3) is 5.91 Å². The van der Waals surface area contributed by atoms with Crippen LogP contribution >= 0.6 is 7.26 Å². The Balaban J connectivity index is 1.79. The van der Waals surface area contributed by atoms with Crippen molar-refractivity contribution >= 4 is 29.1 Å². The molecule has 0 bridgehead atoms. The summed E-state index contributed by atoms with van der Waals surface area (Å²) in [6.45, 7) is 15.5. The number of rotatable bonds is 6. The van der Waals surface area contributed by atoms with Gasteiger partial charge in [-0.15, -0.1) is 0 Å². The van der Waals surface area contributed by atoms with Crippen molar-refractivity contribution in [3.63, 3.8) is 0 Å². The summed E-state index contributed by atoms with van der Waals surface area (Å²) in [5, 5.41) is 7.28. The molecule has 3 aromatic rings. The number of carbonyl (C=O) groups excluding carboxylic acids is 1. The summed E-state index contributed by atoms with van der Waals surface area (Å²) in [6, 6.07) is 26.8. The number of likely N-dealkylation sites (tertiary alicyclic amines) is 1. The second kappa shape index (κ2) is 10.4. The van der Waals surface area contributed by atoms with Crippen LogP contribution in [-0.4, -0.2) is 41.1 Å². The first kappa shape index (κ1) is 27.6. The molecule has 1 aliphatic rings. The molecule has 0 unspecified atom stereocenters. The largest absolute Gasteiger partial charge is 0.350 e. The first-order chi connectivity index (χ1) is 17.3. The van der Waals surface area contributed by atoms with Gasteiger partial charge in [-0.1, -0.05) is 53.1 Å². The minimum absolute atomic E-state index is 0.0246. The van der Waals surface area contributed by atoms with Crippen LogP contribution < -0.4 is 21.2 Å². The van der Waals surface area contributed by atoms with E-state index in [1.54, 1.807) is 0 Å². The lowest BCUT2D eigenvalue weighted by Gasteiger charge is -2.53. The molecule has 1 aliphatic heterocycles. The fourth-order valence-corrected chi connectivity index (χ4v) is 10.0. The van der Waals surface area contributed by atoms with Gasteiger partial charge in [-0.3, -0.25) is 9.69 Å². The van der Waals surface area contributed by atoms with Gasteiger partial charge < -0.3 is 5.32 Å². The van der Waals surface area contributed by atoms with Gasteiger partial charge in [0.2, 0.25) is 0 Å². The van der Waals surface area contributed by atoms with E-state index in [4.69, 9.17) is 0 Å². The van der Waals surface area contributed by atoms with Crippen molar-refractivity contribution in [3.8, 4) is 0 Å². The highest BCUT2D eigenvalue weighted by atomic mass is 31.2. The molecule has 196 valence electrons. The number of amides is 1. The Morgan fingerprint density at radius 2 is 1.05 bits per heavy atom. The van der Waals surface area contributed by atoms with Crippen LogP contribution in [0.4, 0.5) is 0 Å². The Bertz CT molecular complexity index is 1100. The van der Waals surface area contributed by atoms with Gasteiger partial charge in [-0.05, 0) is 105 Å². The van der Waals surface area contributed by atoms with Gasteiger partial charge in [0.15, 0.2) is 6.16 Å². The van der Waals surface area contributed by atoms with E-state index >= 15 is 0 Å². The predicted octanol–water partition coefficient (Wildman–Crippen LogP) is 5.67. The number of nitrogens with zero attached hydrogens (tertiary/aromatic N) is 1. The van der Waals surface area contributed by atoms with E-state index in [2.05, 4.69) is 139 Å². The zero-order valence-electron chi connectivity index (χ0n) is 23.9. The molecule has 1 saturated heterocycles. The SMILES string of the molecule is Cc1ccc([P+](CC(=O)NC2CC(C)(C)N(C)C(C)(C)C2)(c2ccc(C)cc2)c2ccc(C)cc2)cc1. The summed E-state index contributed by atoms with van der Waals surface area (Å²) in [5.74, 6) is 0.149. The lowest BCUT2D eigenvalue weighted by molar-refractivity contribution is -0.120. The quantitative estimate of drug-likeness (QED) is 0.429. The molecular formula is C33H44N2OP+. The lowest BCUT2D eigenvalue weighted by Crippen LogP contribution is -2.62. The molecule has 0 spiro atoms. The van der Waals surface area contributed by atoms with Crippen molar-refractivity contribution in [1.29, 1.82) is 0 Å². The number of nitrogens with one attached hydrogen (secondary N) is 1. The van der Waals surface area contributed by atoms with Crippen molar-refractivity contribution in [2.75, 3.05) is 13.2 Å². The maximum Gasteiger partial charge on any atom is 0.259 e. The summed E-state index contributed by atoms with van der Waals surface area (Å²) in [4.78, 5) is 16.5.